The molecule has 2 atom stereocenters. The van der Waals surface area contributed by atoms with Gasteiger partial charge in [-0.15, -0.1) is 0 Å². The van der Waals surface area contributed by atoms with Crippen molar-refractivity contribution in [3.8, 4) is 39.5 Å². The molecule has 7 rings (SSSR count). The monoisotopic (exact) mass is 725 g/mol. The van der Waals surface area contributed by atoms with Crippen molar-refractivity contribution >= 4 is 40.7 Å². The molecule has 2 aromatic carbocycles. The van der Waals surface area contributed by atoms with Crippen LogP contribution in [0.3, 0.4) is 0 Å². The average molecular weight is 727 g/mol. The number of hydrogen-bond acceptors (Lipinski definition) is 8. The smallest absolute Gasteiger partial charge is 0.258 e. The molecule has 2 amide bonds. The van der Waals surface area contributed by atoms with Crippen LogP contribution in [0.25, 0.3) is 39.3 Å². The molecule has 3 aromatic heterocycles. The molecule has 262 valence electrons. The van der Waals surface area contributed by atoms with Crippen molar-refractivity contribution < 1.29 is 14.3 Å². The van der Waals surface area contributed by atoms with Gasteiger partial charge in [0, 0.05) is 91.2 Å². The summed E-state index contributed by atoms with van der Waals surface area (Å²) in [6, 6.07) is 20.6. The molecular formula is C38H37Cl2N7O4. The topological polar surface area (TPSA) is 139 Å². The van der Waals surface area contributed by atoms with Crippen molar-refractivity contribution in [1.29, 1.82) is 0 Å². The van der Waals surface area contributed by atoms with Crippen LogP contribution in [0.2, 0.25) is 10.0 Å². The van der Waals surface area contributed by atoms with Crippen LogP contribution in [0.4, 0.5) is 0 Å². The van der Waals surface area contributed by atoms with E-state index >= 15 is 0 Å². The summed E-state index contributed by atoms with van der Waals surface area (Å²) in [6.45, 7) is 2.41. The molecule has 4 N–H and O–H groups in total. The number of halogens is 2. The van der Waals surface area contributed by atoms with Gasteiger partial charge in [-0.1, -0.05) is 71.7 Å². The van der Waals surface area contributed by atoms with Gasteiger partial charge in [-0.05, 0) is 30.5 Å². The summed E-state index contributed by atoms with van der Waals surface area (Å²) >= 11 is 14.1. The third kappa shape index (κ3) is 7.62. The van der Waals surface area contributed by atoms with E-state index in [1.54, 1.807) is 13.3 Å². The molecule has 2 aliphatic heterocycles. The molecule has 0 aliphatic carbocycles. The van der Waals surface area contributed by atoms with Gasteiger partial charge < -0.3 is 26.0 Å². The second-order valence-corrected chi connectivity index (χ2v) is 13.6. The maximum absolute atomic E-state index is 13.3. The second-order valence-electron chi connectivity index (χ2n) is 12.8. The Morgan fingerprint density at radius 1 is 0.765 bits per heavy atom. The minimum absolute atomic E-state index is 0.0847. The highest BCUT2D eigenvalue weighted by Crippen LogP contribution is 2.42. The van der Waals surface area contributed by atoms with E-state index in [4.69, 9.17) is 37.9 Å². The van der Waals surface area contributed by atoms with E-state index in [1.165, 1.54) is 10.5 Å². The minimum atomic E-state index is -0.231. The Morgan fingerprint density at radius 3 is 1.98 bits per heavy atom. The lowest BCUT2D eigenvalue weighted by Crippen LogP contribution is -2.35. The van der Waals surface area contributed by atoms with Crippen molar-refractivity contribution in [2.75, 3.05) is 20.2 Å². The summed E-state index contributed by atoms with van der Waals surface area (Å²) < 4.78 is 7.16. The van der Waals surface area contributed by atoms with Gasteiger partial charge in [-0.2, -0.15) is 0 Å². The van der Waals surface area contributed by atoms with Gasteiger partial charge in [0.15, 0.2) is 0 Å². The molecule has 2 saturated heterocycles. The lowest BCUT2D eigenvalue weighted by Gasteiger charge is -2.16. The first-order chi connectivity index (χ1) is 24.8. The minimum Gasteiger partial charge on any atom is -0.481 e. The number of amides is 2. The zero-order valence-corrected chi connectivity index (χ0v) is 29.5. The molecule has 11 nitrogen and oxygen atoms in total. The number of carbonyl (C=O) groups excluding carboxylic acids is 2. The van der Waals surface area contributed by atoms with E-state index in [0.29, 0.717) is 94.2 Å². The average Bonchev–Trinajstić information content (AvgIpc) is 3.75. The Hall–Kier alpha value is -4.81. The van der Waals surface area contributed by atoms with E-state index in [0.717, 1.165) is 24.0 Å². The molecule has 0 saturated carbocycles. The molecule has 5 aromatic rings. The number of carbonyl (C=O) groups is 2. The van der Waals surface area contributed by atoms with Crippen molar-refractivity contribution in [1.82, 2.24) is 35.6 Å². The van der Waals surface area contributed by atoms with Crippen LogP contribution in [0.5, 0.6) is 5.88 Å². The van der Waals surface area contributed by atoms with Crippen LogP contribution in [0.1, 0.15) is 36.8 Å². The summed E-state index contributed by atoms with van der Waals surface area (Å²) in [6.07, 6.45) is 4.54. The number of hydrogen-bond donors (Lipinski definition) is 4. The van der Waals surface area contributed by atoms with Crippen LogP contribution >= 0.6 is 23.2 Å². The third-order valence-electron chi connectivity index (χ3n) is 9.29. The van der Waals surface area contributed by atoms with E-state index < -0.39 is 0 Å². The fourth-order valence-corrected chi connectivity index (χ4v) is 7.28. The molecular weight excluding hydrogens is 689 g/mol. The highest BCUT2D eigenvalue weighted by atomic mass is 35.5. The highest BCUT2D eigenvalue weighted by molar-refractivity contribution is 6.39. The first-order valence-electron chi connectivity index (χ1n) is 16.9. The first kappa shape index (κ1) is 34.6. The Kier molecular flexibility index (Phi) is 10.3. The van der Waals surface area contributed by atoms with E-state index in [1.807, 2.05) is 60.7 Å². The van der Waals surface area contributed by atoms with Crippen LogP contribution in [-0.4, -0.2) is 58.5 Å². The highest BCUT2D eigenvalue weighted by Gasteiger charge is 2.22. The molecule has 2 aliphatic rings. The number of benzene rings is 2. The predicted molar refractivity (Wildman–Crippen MR) is 198 cm³/mol. The zero-order valence-electron chi connectivity index (χ0n) is 28.0. The van der Waals surface area contributed by atoms with Crippen LogP contribution in [0.15, 0.2) is 77.7 Å². The van der Waals surface area contributed by atoms with Crippen LogP contribution in [-0.2, 0) is 22.7 Å². The fraction of sp³-hybridized carbons (Fsp3) is 0.289. The lowest BCUT2D eigenvalue weighted by molar-refractivity contribution is -0.120. The SMILES string of the molecule is COc1nc(-c2cccc(-c3cccc(-c4cc(=O)n5cc(CNC[C@@H]6CCC(=O)N6)ccc5n4)c3Cl)c2Cl)ccc1CNC[C@H]1CCC(=O)N1. The standard InChI is InChI=1S/C38H37Cl2N7O4/c1-51-38-23(18-42-20-25-11-15-34(49)44-25)9-12-30(46-38)28-6-2-4-26(36(28)39)27-5-3-7-29(37(27)40)31-16-35(50)47-21-22(8-13-32(47)45-31)17-41-19-24-10-14-33(48)43-24/h2-9,12-13,16,21,24-25,41-42H,10-11,14-15,17-20H2,1H3,(H,43,48)(H,44,49)/t24-,25+/m0/s1. The summed E-state index contributed by atoms with van der Waals surface area (Å²) in [5, 5.41) is 13.5. The van der Waals surface area contributed by atoms with Crippen molar-refractivity contribution in [3.05, 3.63) is 104 Å². The van der Waals surface area contributed by atoms with Crippen LogP contribution < -0.4 is 31.6 Å². The van der Waals surface area contributed by atoms with Crippen molar-refractivity contribution in [2.45, 2.75) is 50.9 Å². The Labute approximate surface area is 304 Å². The normalized spacial score (nSPS) is 17.2. The molecule has 5 heterocycles. The maximum Gasteiger partial charge on any atom is 0.258 e. The Bertz CT molecular complexity index is 2190. The number of nitrogens with one attached hydrogen (secondary N) is 4. The van der Waals surface area contributed by atoms with E-state index in [9.17, 15) is 14.4 Å². The summed E-state index contributed by atoms with van der Waals surface area (Å²) in [7, 11) is 1.58. The van der Waals surface area contributed by atoms with Crippen molar-refractivity contribution in [2.24, 2.45) is 0 Å². The number of nitrogens with zero attached hydrogens (tertiary/aromatic N) is 3. The number of fused-ring (bicyclic) bond motifs is 1. The summed E-state index contributed by atoms with van der Waals surface area (Å²) in [4.78, 5) is 45.9. The fourth-order valence-electron chi connectivity index (χ4n) is 6.63. The summed E-state index contributed by atoms with van der Waals surface area (Å²) in [5.74, 6) is 0.654. The third-order valence-corrected chi connectivity index (χ3v) is 10.1. The maximum atomic E-state index is 13.3. The molecule has 13 heteroatoms. The molecule has 51 heavy (non-hydrogen) atoms. The number of methoxy groups -OCH3 is 1. The van der Waals surface area contributed by atoms with Crippen LogP contribution in [0, 0.1) is 0 Å². The molecule has 0 radical (unpaired) electrons. The first-order valence-corrected chi connectivity index (χ1v) is 17.7. The molecule has 0 spiro atoms. The molecule has 0 unspecified atom stereocenters. The molecule has 2 fully saturated rings. The lowest BCUT2D eigenvalue weighted by atomic mass is 9.98. The van der Waals surface area contributed by atoms with E-state index in [2.05, 4.69) is 21.3 Å². The van der Waals surface area contributed by atoms with Gasteiger partial charge in [0.2, 0.25) is 17.7 Å². The molecule has 0 bridgehead atoms. The Morgan fingerprint density at radius 2 is 1.37 bits per heavy atom. The van der Waals surface area contributed by atoms with Gasteiger partial charge in [0.1, 0.15) is 5.65 Å². The van der Waals surface area contributed by atoms with Gasteiger partial charge in [0.25, 0.3) is 5.56 Å². The number of ether oxygens (including phenoxy) is 1. The quantitative estimate of drug-likeness (QED) is 0.139. The number of pyridine rings is 2. The van der Waals surface area contributed by atoms with Crippen molar-refractivity contribution in [3.63, 3.8) is 0 Å². The zero-order chi connectivity index (χ0) is 35.5. The predicted octanol–water partition coefficient (Wildman–Crippen LogP) is 5.14. The van der Waals surface area contributed by atoms with Gasteiger partial charge in [-0.25, -0.2) is 9.97 Å². The van der Waals surface area contributed by atoms with Gasteiger partial charge in [0.05, 0.1) is 28.5 Å². The van der Waals surface area contributed by atoms with Gasteiger partial charge in [-0.3, -0.25) is 18.8 Å². The second kappa shape index (κ2) is 15.2. The number of rotatable bonds is 12. The largest absolute Gasteiger partial charge is 0.481 e. The number of aromatic nitrogens is 3. The van der Waals surface area contributed by atoms with E-state index in [-0.39, 0.29) is 29.5 Å². The Balaban J connectivity index is 1.11. The van der Waals surface area contributed by atoms with Gasteiger partial charge >= 0.3 is 0 Å². The summed E-state index contributed by atoms with van der Waals surface area (Å²) in [5.41, 5.74) is 5.88.